The SMILES string of the molecule is CCOC(=O)c1c(NC(=O)Cc2ccc(C)cc2C)sc2c1CCCCC2. The highest BCUT2D eigenvalue weighted by atomic mass is 32.1. The molecule has 3 rings (SSSR count). The van der Waals surface area contributed by atoms with Crippen molar-refractivity contribution in [3.05, 3.63) is 50.9 Å². The van der Waals surface area contributed by atoms with Gasteiger partial charge in [-0.1, -0.05) is 30.2 Å². The molecular weight excluding hydrogens is 358 g/mol. The summed E-state index contributed by atoms with van der Waals surface area (Å²) < 4.78 is 5.28. The van der Waals surface area contributed by atoms with E-state index in [1.54, 1.807) is 18.3 Å². The Kier molecular flexibility index (Phi) is 6.32. The lowest BCUT2D eigenvalue weighted by Crippen LogP contribution is -2.17. The van der Waals surface area contributed by atoms with E-state index < -0.39 is 0 Å². The first kappa shape index (κ1) is 19.6. The van der Waals surface area contributed by atoms with E-state index in [0.29, 0.717) is 23.6 Å². The van der Waals surface area contributed by atoms with Crippen molar-refractivity contribution >= 4 is 28.2 Å². The largest absolute Gasteiger partial charge is 0.462 e. The van der Waals surface area contributed by atoms with Crippen LogP contribution in [-0.4, -0.2) is 18.5 Å². The van der Waals surface area contributed by atoms with Gasteiger partial charge in [0.2, 0.25) is 5.91 Å². The number of fused-ring (bicyclic) bond motifs is 1. The van der Waals surface area contributed by atoms with Gasteiger partial charge in [-0.25, -0.2) is 4.79 Å². The predicted molar refractivity (Wildman–Crippen MR) is 110 cm³/mol. The summed E-state index contributed by atoms with van der Waals surface area (Å²) in [5.74, 6) is -0.414. The lowest BCUT2D eigenvalue weighted by molar-refractivity contribution is -0.115. The van der Waals surface area contributed by atoms with Crippen molar-refractivity contribution < 1.29 is 14.3 Å². The molecule has 1 aliphatic carbocycles. The highest BCUT2D eigenvalue weighted by Crippen LogP contribution is 2.38. The molecule has 0 bridgehead atoms. The Labute approximate surface area is 164 Å². The van der Waals surface area contributed by atoms with Crippen molar-refractivity contribution in [3.63, 3.8) is 0 Å². The van der Waals surface area contributed by atoms with Gasteiger partial charge in [0.25, 0.3) is 0 Å². The summed E-state index contributed by atoms with van der Waals surface area (Å²) in [6.07, 6.45) is 5.54. The molecule has 1 amide bonds. The standard InChI is InChI=1S/C22H27NO3S/c1-4-26-22(25)20-17-8-6-5-7-9-18(17)27-21(20)23-19(24)13-16-11-10-14(2)12-15(16)3/h10-12H,4-9,13H2,1-3H3,(H,23,24). The highest BCUT2D eigenvalue weighted by Gasteiger charge is 2.26. The van der Waals surface area contributed by atoms with Crippen LogP contribution in [0.2, 0.25) is 0 Å². The van der Waals surface area contributed by atoms with Crippen molar-refractivity contribution in [2.75, 3.05) is 11.9 Å². The monoisotopic (exact) mass is 385 g/mol. The number of ether oxygens (including phenoxy) is 1. The van der Waals surface area contributed by atoms with Gasteiger partial charge < -0.3 is 10.1 Å². The van der Waals surface area contributed by atoms with Crippen LogP contribution in [0.3, 0.4) is 0 Å². The lowest BCUT2D eigenvalue weighted by Gasteiger charge is -2.10. The number of nitrogens with one attached hydrogen (secondary N) is 1. The van der Waals surface area contributed by atoms with Crippen molar-refractivity contribution in [1.82, 2.24) is 0 Å². The average Bonchev–Trinajstić information content (AvgIpc) is 2.78. The lowest BCUT2D eigenvalue weighted by atomic mass is 10.0. The molecule has 1 heterocycles. The Morgan fingerprint density at radius 3 is 2.67 bits per heavy atom. The van der Waals surface area contributed by atoms with Crippen LogP contribution in [0.4, 0.5) is 5.00 Å². The normalized spacial score (nSPS) is 13.6. The Morgan fingerprint density at radius 2 is 1.93 bits per heavy atom. The molecule has 0 fully saturated rings. The molecule has 0 saturated heterocycles. The maximum absolute atomic E-state index is 12.7. The third-order valence-corrected chi connectivity index (χ3v) is 6.21. The number of anilines is 1. The van der Waals surface area contributed by atoms with Gasteiger partial charge in [0.05, 0.1) is 18.6 Å². The van der Waals surface area contributed by atoms with E-state index in [-0.39, 0.29) is 11.9 Å². The molecule has 2 aromatic rings. The molecule has 5 heteroatoms. The third-order valence-electron chi connectivity index (χ3n) is 5.00. The first-order valence-electron chi connectivity index (χ1n) is 9.67. The molecule has 0 radical (unpaired) electrons. The smallest absolute Gasteiger partial charge is 0.341 e. The second-order valence-electron chi connectivity index (χ2n) is 7.14. The van der Waals surface area contributed by atoms with Crippen LogP contribution >= 0.6 is 11.3 Å². The van der Waals surface area contributed by atoms with Gasteiger partial charge >= 0.3 is 5.97 Å². The van der Waals surface area contributed by atoms with E-state index in [1.807, 2.05) is 26.0 Å². The van der Waals surface area contributed by atoms with Crippen molar-refractivity contribution in [2.24, 2.45) is 0 Å². The molecule has 0 saturated carbocycles. The predicted octanol–water partition coefficient (Wildman–Crippen LogP) is 4.99. The Morgan fingerprint density at radius 1 is 1.15 bits per heavy atom. The zero-order valence-electron chi connectivity index (χ0n) is 16.3. The Balaban J connectivity index is 1.84. The highest BCUT2D eigenvalue weighted by molar-refractivity contribution is 7.17. The first-order valence-corrected chi connectivity index (χ1v) is 10.5. The summed E-state index contributed by atoms with van der Waals surface area (Å²) in [7, 11) is 0. The molecule has 0 unspecified atom stereocenters. The number of hydrogen-bond donors (Lipinski definition) is 1. The molecule has 0 aliphatic heterocycles. The molecule has 0 spiro atoms. The third kappa shape index (κ3) is 4.59. The number of rotatable bonds is 5. The molecule has 144 valence electrons. The first-order chi connectivity index (χ1) is 13.0. The Hall–Kier alpha value is -2.14. The molecule has 1 N–H and O–H groups in total. The fraction of sp³-hybridized carbons (Fsp3) is 0.455. The summed E-state index contributed by atoms with van der Waals surface area (Å²) in [6.45, 7) is 6.20. The van der Waals surface area contributed by atoms with Crippen molar-refractivity contribution in [1.29, 1.82) is 0 Å². The quantitative estimate of drug-likeness (QED) is 0.583. The van der Waals surface area contributed by atoms with Gasteiger partial charge in [-0.2, -0.15) is 0 Å². The number of carbonyl (C=O) groups is 2. The van der Waals surface area contributed by atoms with Crippen molar-refractivity contribution in [3.8, 4) is 0 Å². The molecule has 4 nitrogen and oxygen atoms in total. The van der Waals surface area contributed by atoms with Crippen molar-refractivity contribution in [2.45, 2.75) is 59.3 Å². The number of carbonyl (C=O) groups excluding carboxylic acids is 2. The Bertz CT molecular complexity index is 853. The van der Waals surface area contributed by atoms with Crippen LogP contribution in [-0.2, 0) is 28.8 Å². The molecule has 0 atom stereocenters. The summed E-state index contributed by atoms with van der Waals surface area (Å²) >= 11 is 1.54. The van der Waals surface area contributed by atoms with Crippen LogP contribution in [0.5, 0.6) is 0 Å². The van der Waals surface area contributed by atoms with Gasteiger partial charge in [-0.3, -0.25) is 4.79 Å². The molecule has 1 aromatic carbocycles. The topological polar surface area (TPSA) is 55.4 Å². The zero-order valence-corrected chi connectivity index (χ0v) is 17.1. The minimum Gasteiger partial charge on any atom is -0.462 e. The molecule has 1 aliphatic rings. The second-order valence-corrected chi connectivity index (χ2v) is 8.25. The van der Waals surface area contributed by atoms with E-state index in [1.165, 1.54) is 16.9 Å². The number of esters is 1. The summed E-state index contributed by atoms with van der Waals surface area (Å²) in [4.78, 5) is 26.5. The maximum atomic E-state index is 12.7. The summed E-state index contributed by atoms with van der Waals surface area (Å²) in [5, 5.41) is 3.64. The van der Waals surface area contributed by atoms with Gasteiger partial charge in [-0.05, 0) is 63.1 Å². The van der Waals surface area contributed by atoms with Crippen LogP contribution in [0, 0.1) is 13.8 Å². The van der Waals surface area contributed by atoms with Gasteiger partial charge in [0.15, 0.2) is 0 Å². The van der Waals surface area contributed by atoms with Crippen LogP contribution in [0.15, 0.2) is 18.2 Å². The zero-order chi connectivity index (χ0) is 19.4. The fourth-order valence-electron chi connectivity index (χ4n) is 3.64. The number of thiophene rings is 1. The average molecular weight is 386 g/mol. The van der Waals surface area contributed by atoms with Gasteiger partial charge in [0, 0.05) is 4.88 Å². The number of amides is 1. The van der Waals surface area contributed by atoms with Crippen LogP contribution < -0.4 is 5.32 Å². The minimum atomic E-state index is -0.321. The van der Waals surface area contributed by atoms with E-state index in [2.05, 4.69) is 11.4 Å². The fourth-order valence-corrected chi connectivity index (χ4v) is 4.93. The minimum absolute atomic E-state index is 0.0936. The molecule has 27 heavy (non-hydrogen) atoms. The van der Waals surface area contributed by atoms with Crippen LogP contribution in [0.1, 0.15) is 63.7 Å². The van der Waals surface area contributed by atoms with Crippen LogP contribution in [0.25, 0.3) is 0 Å². The van der Waals surface area contributed by atoms with Gasteiger partial charge in [-0.15, -0.1) is 11.3 Å². The van der Waals surface area contributed by atoms with E-state index in [9.17, 15) is 9.59 Å². The second kappa shape index (κ2) is 8.70. The molecular formula is C22H27NO3S. The summed E-state index contributed by atoms with van der Waals surface area (Å²) in [6, 6.07) is 6.10. The van der Waals surface area contributed by atoms with Gasteiger partial charge in [0.1, 0.15) is 5.00 Å². The maximum Gasteiger partial charge on any atom is 0.341 e. The van der Waals surface area contributed by atoms with E-state index >= 15 is 0 Å². The number of aryl methyl sites for hydroxylation is 3. The van der Waals surface area contributed by atoms with E-state index in [0.717, 1.165) is 42.4 Å². The summed E-state index contributed by atoms with van der Waals surface area (Å²) in [5.41, 5.74) is 4.96. The molecule has 1 aromatic heterocycles. The van der Waals surface area contributed by atoms with E-state index in [4.69, 9.17) is 4.74 Å². The number of benzene rings is 1. The number of hydrogen-bond acceptors (Lipinski definition) is 4.